The van der Waals surface area contributed by atoms with Gasteiger partial charge in [0, 0.05) is 34.1 Å². The second-order valence-electron chi connectivity index (χ2n) is 18.6. The van der Waals surface area contributed by atoms with Crippen molar-refractivity contribution < 1.29 is 0 Å². The van der Waals surface area contributed by atoms with E-state index in [-0.39, 0.29) is 0 Å². The van der Waals surface area contributed by atoms with Crippen LogP contribution in [0.1, 0.15) is 55.6 Å². The third-order valence-electron chi connectivity index (χ3n) is 14.1. The Morgan fingerprint density at radius 3 is 1.08 bits per heavy atom. The molecular weight excluding hydrogens is 785 g/mol. The Morgan fingerprint density at radius 1 is 0.277 bits per heavy atom. The fourth-order valence-electron chi connectivity index (χ4n) is 11.5. The predicted molar refractivity (Wildman–Crippen MR) is 276 cm³/mol. The molecule has 2 heteroatoms. The largest absolute Gasteiger partial charge is 0.310 e. The summed E-state index contributed by atoms with van der Waals surface area (Å²) in [5.41, 5.74) is 24.6. The summed E-state index contributed by atoms with van der Waals surface area (Å²) in [5.74, 6) is 0. The first-order valence-corrected chi connectivity index (χ1v) is 22.9. The molecule has 0 N–H and O–H groups in total. The molecule has 0 aromatic heterocycles. The van der Waals surface area contributed by atoms with Crippen LogP contribution in [0.4, 0.5) is 34.1 Å². The van der Waals surface area contributed by atoms with Crippen LogP contribution in [0.2, 0.25) is 0 Å². The Hall–Kier alpha value is -7.68. The normalized spacial score (nSPS) is 12.9. The molecule has 0 fully saturated rings. The molecule has 0 unspecified atom stereocenters. The standard InChI is InChI=1S/C63H50N2/c1-39-27-40(2)30-51(29-39)64(61-21-13-7-15-43(61)5)49-25-23-45-35-55-56-36-46-24-26-50(65(62-22-14-8-16-44(62)6)52-31-41(3)28-42(4)32-52)34-48(46)38-60(56)63(59(55)37-47(45)33-49)57-19-11-9-17-53(57)54-18-10-12-20-58(54)63/h7-38H,1-6H3. The third kappa shape index (κ3) is 6.01. The topological polar surface area (TPSA) is 6.48 Å². The molecule has 0 saturated carbocycles. The molecule has 10 aromatic carbocycles. The number of anilines is 6. The van der Waals surface area contributed by atoms with Crippen LogP contribution in [0, 0.1) is 41.5 Å². The molecule has 0 aliphatic heterocycles. The Bertz CT molecular complexity index is 3310. The fraction of sp³-hybridized carbons (Fsp3) is 0.111. The van der Waals surface area contributed by atoms with E-state index in [2.05, 4.69) is 245 Å². The SMILES string of the molecule is Cc1cc(C)cc(N(c2ccc3cc4c(cc3c2)C2(c3ccccc3-c3ccccc32)c2cc3cc(N(c5cc(C)cc(C)c5)c5ccccc5C)ccc3cc2-4)c2ccccc2C)c1. The smallest absolute Gasteiger partial charge is 0.0725 e. The number of aryl methyl sites for hydroxylation is 6. The average Bonchev–Trinajstić information content (AvgIpc) is 3.74. The van der Waals surface area contributed by atoms with Crippen LogP contribution in [-0.4, -0.2) is 0 Å². The average molecular weight is 835 g/mol. The molecule has 2 nitrogen and oxygen atoms in total. The molecule has 0 amide bonds. The highest BCUT2D eigenvalue weighted by molar-refractivity contribution is 6.04. The Labute approximate surface area is 382 Å². The lowest BCUT2D eigenvalue weighted by atomic mass is 9.70. The van der Waals surface area contributed by atoms with Gasteiger partial charge in [-0.25, -0.2) is 0 Å². The Morgan fingerprint density at radius 2 is 0.662 bits per heavy atom. The van der Waals surface area contributed by atoms with Gasteiger partial charge in [-0.05, 0) is 226 Å². The molecule has 0 heterocycles. The molecule has 65 heavy (non-hydrogen) atoms. The lowest BCUT2D eigenvalue weighted by Crippen LogP contribution is -2.25. The van der Waals surface area contributed by atoms with E-state index in [0.29, 0.717) is 0 Å². The first-order valence-electron chi connectivity index (χ1n) is 22.9. The highest BCUT2D eigenvalue weighted by Crippen LogP contribution is 2.64. The summed E-state index contributed by atoms with van der Waals surface area (Å²) in [6, 6.07) is 73.6. The zero-order valence-corrected chi connectivity index (χ0v) is 37.9. The highest BCUT2D eigenvalue weighted by atomic mass is 15.1. The van der Waals surface area contributed by atoms with Gasteiger partial charge in [0.25, 0.3) is 0 Å². The number of para-hydroxylation sites is 2. The van der Waals surface area contributed by atoms with Crippen molar-refractivity contribution in [2.45, 2.75) is 47.0 Å². The van der Waals surface area contributed by atoms with Gasteiger partial charge < -0.3 is 9.80 Å². The van der Waals surface area contributed by atoms with Gasteiger partial charge in [0.05, 0.1) is 5.41 Å². The van der Waals surface area contributed by atoms with Gasteiger partial charge in [0.2, 0.25) is 0 Å². The summed E-state index contributed by atoms with van der Waals surface area (Å²) < 4.78 is 0. The molecule has 0 saturated heterocycles. The van der Waals surface area contributed by atoms with Crippen molar-refractivity contribution >= 4 is 55.7 Å². The van der Waals surface area contributed by atoms with Crippen molar-refractivity contribution in [1.29, 1.82) is 0 Å². The summed E-state index contributed by atoms with van der Waals surface area (Å²) >= 11 is 0. The monoisotopic (exact) mass is 834 g/mol. The number of hydrogen-bond acceptors (Lipinski definition) is 2. The molecular formula is C63H50N2. The summed E-state index contributed by atoms with van der Waals surface area (Å²) in [6.45, 7) is 13.2. The maximum Gasteiger partial charge on any atom is 0.0725 e. The third-order valence-corrected chi connectivity index (χ3v) is 14.1. The maximum absolute atomic E-state index is 2.53. The number of benzene rings is 10. The van der Waals surface area contributed by atoms with Gasteiger partial charge in [-0.2, -0.15) is 0 Å². The minimum atomic E-state index is -0.501. The summed E-state index contributed by atoms with van der Waals surface area (Å²) in [4.78, 5) is 4.88. The van der Waals surface area contributed by atoms with Crippen molar-refractivity contribution in [2.24, 2.45) is 0 Å². The zero-order valence-electron chi connectivity index (χ0n) is 37.9. The molecule has 1 spiro atoms. The lowest BCUT2D eigenvalue weighted by molar-refractivity contribution is 0.796. The van der Waals surface area contributed by atoms with Crippen molar-refractivity contribution in [3.63, 3.8) is 0 Å². The van der Waals surface area contributed by atoms with E-state index in [1.807, 2.05) is 0 Å². The molecule has 0 bridgehead atoms. The predicted octanol–water partition coefficient (Wildman–Crippen LogP) is 17.1. The van der Waals surface area contributed by atoms with E-state index < -0.39 is 5.41 Å². The van der Waals surface area contributed by atoms with Gasteiger partial charge in [-0.1, -0.05) is 109 Å². The van der Waals surface area contributed by atoms with Crippen molar-refractivity contribution in [1.82, 2.24) is 0 Å². The summed E-state index contributed by atoms with van der Waals surface area (Å²) in [7, 11) is 0. The molecule has 12 rings (SSSR count). The first kappa shape index (κ1) is 39.0. The van der Waals surface area contributed by atoms with Crippen molar-refractivity contribution in [3.8, 4) is 22.3 Å². The van der Waals surface area contributed by atoms with E-state index in [1.54, 1.807) is 0 Å². The Kier molecular flexibility index (Phi) is 8.80. The number of hydrogen-bond donors (Lipinski definition) is 0. The van der Waals surface area contributed by atoms with Crippen LogP contribution in [0.3, 0.4) is 0 Å². The molecule has 2 aliphatic carbocycles. The number of fused-ring (bicyclic) bond motifs is 12. The molecule has 0 radical (unpaired) electrons. The highest BCUT2D eigenvalue weighted by Gasteiger charge is 2.51. The van der Waals surface area contributed by atoms with Crippen LogP contribution in [0.5, 0.6) is 0 Å². The van der Waals surface area contributed by atoms with Crippen molar-refractivity contribution in [3.05, 3.63) is 250 Å². The van der Waals surface area contributed by atoms with E-state index in [9.17, 15) is 0 Å². The minimum absolute atomic E-state index is 0.501. The molecule has 312 valence electrons. The van der Waals surface area contributed by atoms with E-state index >= 15 is 0 Å². The summed E-state index contributed by atoms with van der Waals surface area (Å²) in [5, 5.41) is 4.93. The maximum atomic E-state index is 2.53. The molecule has 10 aromatic rings. The van der Waals surface area contributed by atoms with Crippen LogP contribution in [-0.2, 0) is 5.41 Å². The first-order chi connectivity index (χ1) is 31.6. The minimum Gasteiger partial charge on any atom is -0.310 e. The molecule has 0 atom stereocenters. The summed E-state index contributed by atoms with van der Waals surface area (Å²) in [6.07, 6.45) is 0. The van der Waals surface area contributed by atoms with Crippen LogP contribution in [0.15, 0.2) is 194 Å². The van der Waals surface area contributed by atoms with Gasteiger partial charge >= 0.3 is 0 Å². The van der Waals surface area contributed by atoms with Crippen LogP contribution >= 0.6 is 0 Å². The van der Waals surface area contributed by atoms with Gasteiger partial charge in [0.15, 0.2) is 0 Å². The van der Waals surface area contributed by atoms with Crippen molar-refractivity contribution in [2.75, 3.05) is 9.80 Å². The van der Waals surface area contributed by atoms with Crippen LogP contribution < -0.4 is 9.80 Å². The lowest BCUT2D eigenvalue weighted by Gasteiger charge is -2.31. The quantitative estimate of drug-likeness (QED) is 0.165. The fourth-order valence-corrected chi connectivity index (χ4v) is 11.5. The zero-order chi connectivity index (χ0) is 44.1. The van der Waals surface area contributed by atoms with E-state index in [1.165, 1.54) is 122 Å². The number of nitrogens with zero attached hydrogens (tertiary/aromatic N) is 2. The van der Waals surface area contributed by atoms with E-state index in [4.69, 9.17) is 0 Å². The Balaban J connectivity index is 1.11. The van der Waals surface area contributed by atoms with E-state index in [0.717, 1.165) is 11.4 Å². The van der Waals surface area contributed by atoms with Crippen LogP contribution in [0.25, 0.3) is 43.8 Å². The number of rotatable bonds is 6. The van der Waals surface area contributed by atoms with Gasteiger partial charge in [-0.3, -0.25) is 0 Å². The van der Waals surface area contributed by atoms with Gasteiger partial charge in [-0.15, -0.1) is 0 Å². The second-order valence-corrected chi connectivity index (χ2v) is 18.6. The van der Waals surface area contributed by atoms with Gasteiger partial charge in [0.1, 0.15) is 0 Å². The molecule has 2 aliphatic rings. The second kappa shape index (κ2) is 14.7.